The van der Waals surface area contributed by atoms with Gasteiger partial charge in [0.25, 0.3) is 0 Å². The molecule has 0 aliphatic carbocycles. The predicted octanol–water partition coefficient (Wildman–Crippen LogP) is 2.56. The number of urea groups is 1. The molecule has 130 valence electrons. The van der Waals surface area contributed by atoms with Gasteiger partial charge in [0, 0.05) is 12.6 Å². The third-order valence-corrected chi connectivity index (χ3v) is 2.98. The van der Waals surface area contributed by atoms with Gasteiger partial charge >= 0.3 is 18.1 Å². The average molecular weight is 346 g/mol. The normalized spacial score (nSPS) is 11.4. The molecule has 24 heavy (non-hydrogen) atoms. The Kier molecular flexibility index (Phi) is 5.04. The lowest BCUT2D eigenvalue weighted by Gasteiger charge is -2.20. The van der Waals surface area contributed by atoms with E-state index in [1.54, 1.807) is 0 Å². The number of nitrogens with zero attached hydrogens (tertiary/aromatic N) is 4. The molecule has 0 saturated carbocycles. The number of aromatic nitrogens is 2. The Morgan fingerprint density at radius 3 is 2.46 bits per heavy atom. The molecule has 0 unspecified atom stereocenters. The van der Waals surface area contributed by atoms with E-state index in [0.29, 0.717) is 16.2 Å². The maximum Gasteiger partial charge on any atom is 0.471 e. The first-order chi connectivity index (χ1) is 11.2. The lowest BCUT2D eigenvalue weighted by atomic mass is 10.1. The van der Waals surface area contributed by atoms with E-state index < -0.39 is 18.1 Å². The molecule has 1 aromatic heterocycles. The van der Waals surface area contributed by atoms with E-state index in [2.05, 4.69) is 19.5 Å². The number of hydrogen-bond acceptors (Lipinski definition) is 6. The van der Waals surface area contributed by atoms with Crippen LogP contribution in [0.15, 0.2) is 28.8 Å². The molecule has 0 radical (unpaired) electrons. The molecule has 1 aromatic carbocycles. The molecule has 0 aliphatic heterocycles. The quantitative estimate of drug-likeness (QED) is 0.676. The number of benzene rings is 1. The van der Waals surface area contributed by atoms with E-state index in [9.17, 15) is 23.2 Å². The SMILES string of the molecule is CON(C)C(=O)N(O)Cc1ccc(-c2noc(C(F)(F)F)n2)cc1. The molecule has 2 aromatic rings. The Morgan fingerprint density at radius 2 is 1.96 bits per heavy atom. The van der Waals surface area contributed by atoms with Gasteiger partial charge < -0.3 is 4.52 Å². The number of amides is 2. The average Bonchev–Trinajstić information content (AvgIpc) is 3.04. The number of hydroxylamine groups is 4. The van der Waals surface area contributed by atoms with E-state index in [0.717, 1.165) is 5.06 Å². The number of carbonyl (C=O) groups excluding carboxylic acids is 1. The van der Waals surface area contributed by atoms with Crippen LogP contribution in [0.5, 0.6) is 0 Å². The van der Waals surface area contributed by atoms with Crippen LogP contribution in [0.25, 0.3) is 11.4 Å². The summed E-state index contributed by atoms with van der Waals surface area (Å²) in [7, 11) is 2.59. The third kappa shape index (κ3) is 4.00. The molecular formula is C13H13F3N4O4. The summed E-state index contributed by atoms with van der Waals surface area (Å²) in [5.74, 6) is -1.65. The zero-order valence-corrected chi connectivity index (χ0v) is 12.6. The van der Waals surface area contributed by atoms with Crippen molar-refractivity contribution in [3.05, 3.63) is 35.7 Å². The van der Waals surface area contributed by atoms with Crippen LogP contribution in [-0.4, -0.2) is 45.7 Å². The molecule has 8 nitrogen and oxygen atoms in total. The highest BCUT2D eigenvalue weighted by molar-refractivity contribution is 5.71. The minimum Gasteiger partial charge on any atom is -0.329 e. The topological polar surface area (TPSA) is 91.9 Å². The molecule has 0 atom stereocenters. The second-order valence-electron chi connectivity index (χ2n) is 4.64. The largest absolute Gasteiger partial charge is 0.471 e. The van der Waals surface area contributed by atoms with E-state index in [1.807, 2.05) is 0 Å². The molecule has 0 bridgehead atoms. The van der Waals surface area contributed by atoms with Crippen molar-refractivity contribution in [3.63, 3.8) is 0 Å². The fraction of sp³-hybridized carbons (Fsp3) is 0.308. The first-order valence-corrected chi connectivity index (χ1v) is 6.50. The van der Waals surface area contributed by atoms with Gasteiger partial charge in [-0.15, -0.1) is 0 Å². The summed E-state index contributed by atoms with van der Waals surface area (Å²) >= 11 is 0. The predicted molar refractivity (Wildman–Crippen MR) is 72.2 cm³/mol. The maximum absolute atomic E-state index is 12.4. The number of halogens is 3. The van der Waals surface area contributed by atoms with Crippen LogP contribution in [0.1, 0.15) is 11.5 Å². The highest BCUT2D eigenvalue weighted by atomic mass is 19.4. The van der Waals surface area contributed by atoms with Gasteiger partial charge in [-0.05, 0) is 5.56 Å². The molecule has 0 saturated heterocycles. The van der Waals surface area contributed by atoms with Crippen LogP contribution < -0.4 is 0 Å². The van der Waals surface area contributed by atoms with Gasteiger partial charge in [0.15, 0.2) is 0 Å². The Hall–Kier alpha value is -2.66. The van der Waals surface area contributed by atoms with Crippen molar-refractivity contribution in [1.29, 1.82) is 0 Å². The fourth-order valence-corrected chi connectivity index (χ4v) is 1.70. The second-order valence-corrected chi connectivity index (χ2v) is 4.64. The number of alkyl halides is 3. The van der Waals surface area contributed by atoms with Crippen LogP contribution in [0.4, 0.5) is 18.0 Å². The minimum absolute atomic E-state index is 0.146. The Labute approximate surface area is 133 Å². The summed E-state index contributed by atoms with van der Waals surface area (Å²) in [6, 6.07) is 5.11. The highest BCUT2D eigenvalue weighted by Crippen LogP contribution is 2.29. The van der Waals surface area contributed by atoms with Gasteiger partial charge in [0.05, 0.1) is 13.7 Å². The van der Waals surface area contributed by atoms with Crippen molar-refractivity contribution in [2.24, 2.45) is 0 Å². The summed E-state index contributed by atoms with van der Waals surface area (Å²) in [6.07, 6.45) is -4.71. The Balaban J connectivity index is 2.08. The smallest absolute Gasteiger partial charge is 0.329 e. The summed E-state index contributed by atoms with van der Waals surface area (Å²) in [5, 5.41) is 14.2. The van der Waals surface area contributed by atoms with Crippen LogP contribution in [0, 0.1) is 0 Å². The Bertz CT molecular complexity index is 702. The lowest BCUT2D eigenvalue weighted by Crippen LogP contribution is -2.38. The van der Waals surface area contributed by atoms with Gasteiger partial charge in [-0.2, -0.15) is 23.2 Å². The van der Waals surface area contributed by atoms with E-state index in [4.69, 9.17) is 0 Å². The summed E-state index contributed by atoms with van der Waals surface area (Å²) < 4.78 is 41.4. The molecule has 11 heteroatoms. The van der Waals surface area contributed by atoms with Crippen molar-refractivity contribution in [3.8, 4) is 11.4 Å². The zero-order chi connectivity index (χ0) is 17.9. The lowest BCUT2D eigenvalue weighted by molar-refractivity contribution is -0.159. The molecule has 1 heterocycles. The first kappa shape index (κ1) is 17.7. The fourth-order valence-electron chi connectivity index (χ4n) is 1.70. The number of carbonyl (C=O) groups is 1. The molecule has 0 fully saturated rings. The van der Waals surface area contributed by atoms with Crippen LogP contribution in [0.2, 0.25) is 0 Å². The van der Waals surface area contributed by atoms with Gasteiger partial charge in [-0.3, -0.25) is 10.0 Å². The van der Waals surface area contributed by atoms with Crippen molar-refractivity contribution in [2.45, 2.75) is 12.7 Å². The Morgan fingerprint density at radius 1 is 1.33 bits per heavy atom. The molecule has 2 amide bonds. The first-order valence-electron chi connectivity index (χ1n) is 6.50. The van der Waals surface area contributed by atoms with Crippen LogP contribution in [-0.2, 0) is 17.6 Å². The molecular weight excluding hydrogens is 333 g/mol. The van der Waals surface area contributed by atoms with Gasteiger partial charge in [-0.25, -0.2) is 9.86 Å². The van der Waals surface area contributed by atoms with Crippen LogP contribution in [0.3, 0.4) is 0 Å². The van der Waals surface area contributed by atoms with Crippen molar-refractivity contribution < 1.29 is 32.5 Å². The van der Waals surface area contributed by atoms with E-state index in [1.165, 1.54) is 38.4 Å². The molecule has 2 rings (SSSR count). The molecule has 0 spiro atoms. The van der Waals surface area contributed by atoms with Crippen molar-refractivity contribution in [1.82, 2.24) is 20.3 Å². The maximum atomic E-state index is 12.4. The standard InChI is InChI=1S/C13H13F3N4O4/c1-19(23-2)12(21)20(22)7-8-3-5-9(6-4-8)10-17-11(24-18-10)13(14,15)16/h3-6,22H,7H2,1-2H3. The monoisotopic (exact) mass is 346 g/mol. The van der Waals surface area contributed by atoms with Crippen molar-refractivity contribution in [2.75, 3.05) is 14.2 Å². The summed E-state index contributed by atoms with van der Waals surface area (Å²) in [5.41, 5.74) is 0.821. The highest BCUT2D eigenvalue weighted by Gasteiger charge is 2.38. The summed E-state index contributed by atoms with van der Waals surface area (Å²) in [4.78, 5) is 19.5. The third-order valence-electron chi connectivity index (χ3n) is 2.98. The van der Waals surface area contributed by atoms with Crippen LogP contribution >= 0.6 is 0 Å². The number of rotatable bonds is 4. The minimum atomic E-state index is -4.71. The van der Waals surface area contributed by atoms with Gasteiger partial charge in [-0.1, -0.05) is 29.4 Å². The molecule has 0 aliphatic rings. The van der Waals surface area contributed by atoms with E-state index in [-0.39, 0.29) is 12.4 Å². The molecule has 1 N–H and O–H groups in total. The van der Waals surface area contributed by atoms with Gasteiger partial charge in [0.1, 0.15) is 0 Å². The zero-order valence-electron chi connectivity index (χ0n) is 12.6. The van der Waals surface area contributed by atoms with Crippen molar-refractivity contribution >= 4 is 6.03 Å². The van der Waals surface area contributed by atoms with Gasteiger partial charge in [0.2, 0.25) is 5.82 Å². The van der Waals surface area contributed by atoms with E-state index >= 15 is 0 Å². The number of hydrogen-bond donors (Lipinski definition) is 1. The summed E-state index contributed by atoms with van der Waals surface area (Å²) in [6.45, 7) is -0.146. The second kappa shape index (κ2) is 6.84.